The van der Waals surface area contributed by atoms with Gasteiger partial charge in [-0.1, -0.05) is 35.9 Å². The number of hydrogen-bond acceptors (Lipinski definition) is 6. The summed E-state index contributed by atoms with van der Waals surface area (Å²) in [4.78, 5) is 12.8. The van der Waals surface area contributed by atoms with E-state index in [9.17, 15) is 13.2 Å². The maximum absolute atomic E-state index is 12.5. The highest BCUT2D eigenvalue weighted by Gasteiger charge is 2.19. The molecule has 0 aliphatic carbocycles. The Morgan fingerprint density at radius 2 is 1.79 bits per heavy atom. The zero-order valence-electron chi connectivity index (χ0n) is 15.3. The van der Waals surface area contributed by atoms with E-state index in [0.717, 1.165) is 5.56 Å². The number of carbonyl (C=O) groups excluding carboxylic acids is 1. The van der Waals surface area contributed by atoms with Gasteiger partial charge in [0.25, 0.3) is 0 Å². The van der Waals surface area contributed by atoms with E-state index < -0.39 is 10.1 Å². The van der Waals surface area contributed by atoms with Gasteiger partial charge in [0.1, 0.15) is 4.90 Å². The van der Waals surface area contributed by atoms with Crippen molar-refractivity contribution in [2.24, 2.45) is 0 Å². The molecule has 1 heterocycles. The molecule has 2 aromatic carbocycles. The highest BCUT2D eigenvalue weighted by Crippen LogP contribution is 2.31. The van der Waals surface area contributed by atoms with Crippen LogP contribution in [0.25, 0.3) is 6.08 Å². The van der Waals surface area contributed by atoms with Gasteiger partial charge in [0.2, 0.25) is 0 Å². The Morgan fingerprint density at radius 3 is 2.43 bits per heavy atom. The Hall–Kier alpha value is -2.90. The fraction of sp³-hybridized carbons (Fsp3) is 0.0952. The van der Waals surface area contributed by atoms with Gasteiger partial charge in [0, 0.05) is 0 Å². The maximum Gasteiger partial charge on any atom is 0.339 e. The third-order valence-corrected chi connectivity index (χ3v) is 6.02. The van der Waals surface area contributed by atoms with E-state index in [1.54, 1.807) is 36.4 Å². The van der Waals surface area contributed by atoms with Crippen LogP contribution in [0.4, 0.5) is 0 Å². The molecule has 0 unspecified atom stereocenters. The summed E-state index contributed by atoms with van der Waals surface area (Å²) >= 11 is 1.37. The van der Waals surface area contributed by atoms with Crippen LogP contribution in [0.3, 0.4) is 0 Å². The normalized spacial score (nSPS) is 11.5. The fourth-order valence-corrected chi connectivity index (χ4v) is 3.99. The molecule has 0 spiro atoms. The molecule has 0 aliphatic rings. The highest BCUT2D eigenvalue weighted by molar-refractivity contribution is 7.87. The van der Waals surface area contributed by atoms with Crippen molar-refractivity contribution >= 4 is 33.3 Å². The zero-order valence-corrected chi connectivity index (χ0v) is 16.9. The molecule has 28 heavy (non-hydrogen) atoms. The summed E-state index contributed by atoms with van der Waals surface area (Å²) in [7, 11) is -2.56. The summed E-state index contributed by atoms with van der Waals surface area (Å²) in [5.74, 6) is 0.224. The molecule has 5 nitrogen and oxygen atoms in total. The van der Waals surface area contributed by atoms with E-state index in [4.69, 9.17) is 8.92 Å². The topological polar surface area (TPSA) is 69.7 Å². The van der Waals surface area contributed by atoms with Gasteiger partial charge in [-0.05, 0) is 54.3 Å². The van der Waals surface area contributed by atoms with Crippen LogP contribution in [-0.2, 0) is 10.1 Å². The van der Waals surface area contributed by atoms with Crippen molar-refractivity contribution in [2.45, 2.75) is 11.8 Å². The second-order valence-electron chi connectivity index (χ2n) is 5.94. The summed E-state index contributed by atoms with van der Waals surface area (Å²) in [6.07, 6.45) is 3.10. The van der Waals surface area contributed by atoms with Crippen LogP contribution >= 0.6 is 11.3 Å². The molecular weight excluding hydrogens is 396 g/mol. The fourth-order valence-electron chi connectivity index (χ4n) is 2.40. The first kappa shape index (κ1) is 19.9. The van der Waals surface area contributed by atoms with Crippen molar-refractivity contribution in [3.63, 3.8) is 0 Å². The molecule has 7 heteroatoms. The van der Waals surface area contributed by atoms with E-state index in [-0.39, 0.29) is 22.2 Å². The quantitative estimate of drug-likeness (QED) is 0.318. The predicted molar refractivity (Wildman–Crippen MR) is 110 cm³/mol. The molecule has 0 aliphatic heterocycles. The number of carbonyl (C=O) groups is 1. The van der Waals surface area contributed by atoms with Crippen molar-refractivity contribution in [3.05, 3.63) is 82.1 Å². The van der Waals surface area contributed by atoms with E-state index in [1.165, 1.54) is 42.7 Å². The molecule has 3 rings (SSSR count). The van der Waals surface area contributed by atoms with E-state index >= 15 is 0 Å². The summed E-state index contributed by atoms with van der Waals surface area (Å²) in [6, 6.07) is 14.7. The van der Waals surface area contributed by atoms with Crippen LogP contribution in [-0.4, -0.2) is 21.3 Å². The standard InChI is InChI=1S/C21H18O5S2/c1-15-5-9-17(10-6-15)28(23,24)26-19-12-8-16(14-20(19)25-2)7-11-18(22)21-4-3-13-27-21/h3-14H,1-2H3/b11-7+. The highest BCUT2D eigenvalue weighted by atomic mass is 32.2. The zero-order chi connectivity index (χ0) is 20.1. The van der Waals surface area contributed by atoms with Crippen LogP contribution in [0.15, 0.2) is 70.9 Å². The monoisotopic (exact) mass is 414 g/mol. The first-order chi connectivity index (χ1) is 13.4. The molecular formula is C21H18O5S2. The van der Waals surface area contributed by atoms with E-state index in [0.29, 0.717) is 10.4 Å². The predicted octanol–water partition coefficient (Wildman–Crippen LogP) is 4.73. The lowest BCUT2D eigenvalue weighted by molar-refractivity contribution is 0.105. The average molecular weight is 415 g/mol. The van der Waals surface area contributed by atoms with Gasteiger partial charge in [-0.15, -0.1) is 11.3 Å². The third-order valence-electron chi connectivity index (χ3n) is 3.89. The molecule has 0 atom stereocenters. The van der Waals surface area contributed by atoms with E-state index in [1.807, 2.05) is 18.4 Å². The smallest absolute Gasteiger partial charge is 0.339 e. The Morgan fingerprint density at radius 1 is 1.04 bits per heavy atom. The van der Waals surface area contributed by atoms with Gasteiger partial charge in [-0.3, -0.25) is 4.79 Å². The molecule has 0 bridgehead atoms. The SMILES string of the molecule is COc1cc(/C=C/C(=O)c2cccs2)ccc1OS(=O)(=O)c1ccc(C)cc1. The Bertz CT molecular complexity index is 1100. The Labute approximate surface area is 168 Å². The lowest BCUT2D eigenvalue weighted by atomic mass is 10.1. The number of aryl methyl sites for hydroxylation is 1. The minimum Gasteiger partial charge on any atom is -0.493 e. The minimum atomic E-state index is -3.98. The molecule has 0 saturated heterocycles. The maximum atomic E-state index is 12.5. The third kappa shape index (κ3) is 4.68. The Balaban J connectivity index is 1.81. The van der Waals surface area contributed by atoms with Crippen molar-refractivity contribution in [2.75, 3.05) is 7.11 Å². The van der Waals surface area contributed by atoms with Crippen molar-refractivity contribution < 1.29 is 22.1 Å². The molecule has 0 saturated carbocycles. The summed E-state index contributed by atoms with van der Waals surface area (Å²) in [5, 5.41) is 1.84. The van der Waals surface area contributed by atoms with E-state index in [2.05, 4.69) is 0 Å². The van der Waals surface area contributed by atoms with Gasteiger partial charge in [-0.2, -0.15) is 8.42 Å². The lowest BCUT2D eigenvalue weighted by Gasteiger charge is -2.11. The molecule has 0 amide bonds. The van der Waals surface area contributed by atoms with Crippen molar-refractivity contribution in [1.82, 2.24) is 0 Å². The van der Waals surface area contributed by atoms with Crippen LogP contribution in [0.2, 0.25) is 0 Å². The first-order valence-electron chi connectivity index (χ1n) is 8.34. The number of benzene rings is 2. The molecule has 0 N–H and O–H groups in total. The van der Waals surface area contributed by atoms with Crippen LogP contribution < -0.4 is 8.92 Å². The number of rotatable bonds is 7. The molecule has 144 valence electrons. The van der Waals surface area contributed by atoms with Crippen LogP contribution in [0, 0.1) is 6.92 Å². The van der Waals surface area contributed by atoms with Gasteiger partial charge in [0.15, 0.2) is 17.3 Å². The number of thiophene rings is 1. The number of ketones is 1. The summed E-state index contributed by atoms with van der Waals surface area (Å²) in [6.45, 7) is 1.87. The molecule has 0 radical (unpaired) electrons. The number of hydrogen-bond donors (Lipinski definition) is 0. The van der Waals surface area contributed by atoms with Gasteiger partial charge >= 0.3 is 10.1 Å². The van der Waals surface area contributed by atoms with Gasteiger partial charge < -0.3 is 8.92 Å². The van der Waals surface area contributed by atoms with Crippen LogP contribution in [0.5, 0.6) is 11.5 Å². The van der Waals surface area contributed by atoms with Crippen LogP contribution in [0.1, 0.15) is 20.8 Å². The number of allylic oxidation sites excluding steroid dienone is 1. The van der Waals surface area contributed by atoms with Gasteiger partial charge in [-0.25, -0.2) is 0 Å². The Kier molecular flexibility index (Phi) is 5.96. The number of ether oxygens (including phenoxy) is 1. The largest absolute Gasteiger partial charge is 0.493 e. The molecule has 1 aromatic heterocycles. The van der Waals surface area contributed by atoms with Gasteiger partial charge in [0.05, 0.1) is 12.0 Å². The second kappa shape index (κ2) is 8.41. The van der Waals surface area contributed by atoms with Crippen molar-refractivity contribution in [3.8, 4) is 11.5 Å². The average Bonchev–Trinajstić information content (AvgIpc) is 3.22. The molecule has 0 fully saturated rings. The minimum absolute atomic E-state index is 0.0608. The lowest BCUT2D eigenvalue weighted by Crippen LogP contribution is -2.10. The van der Waals surface area contributed by atoms with Crippen molar-refractivity contribution in [1.29, 1.82) is 0 Å². The first-order valence-corrected chi connectivity index (χ1v) is 10.6. The number of methoxy groups -OCH3 is 1. The summed E-state index contributed by atoms with van der Waals surface area (Å²) < 4.78 is 35.5. The molecule has 3 aromatic rings. The summed E-state index contributed by atoms with van der Waals surface area (Å²) in [5.41, 5.74) is 1.63. The second-order valence-corrected chi connectivity index (χ2v) is 8.43.